The highest BCUT2D eigenvalue weighted by atomic mass is 16.5. The smallest absolute Gasteiger partial charge is 0.148 e. The molecule has 2 aromatic rings. The highest BCUT2D eigenvalue weighted by molar-refractivity contribution is 5.37. The number of hydrogen-bond donors (Lipinski definition) is 1. The highest BCUT2D eigenvalue weighted by Gasteiger charge is 2.06. The molecule has 2 aromatic heterocycles. The third kappa shape index (κ3) is 2.79. The molecule has 2 rings (SSSR count). The molecule has 1 N–H and O–H groups in total. The van der Waals surface area contributed by atoms with Crippen LogP contribution in [0.3, 0.4) is 0 Å². The van der Waals surface area contributed by atoms with Crippen LogP contribution in [0.4, 0.5) is 0 Å². The van der Waals surface area contributed by atoms with Gasteiger partial charge in [-0.25, -0.2) is 0 Å². The van der Waals surface area contributed by atoms with Crippen LogP contribution in [0, 0.1) is 6.92 Å². The minimum Gasteiger partial charge on any atom is -0.455 e. The average molecular weight is 229 g/mol. The number of nitrogens with one attached hydrogen (secondary N) is 1. The van der Waals surface area contributed by atoms with Crippen LogP contribution in [-0.4, -0.2) is 17.0 Å². The molecular weight excluding hydrogens is 214 g/mol. The van der Waals surface area contributed by atoms with Crippen molar-refractivity contribution >= 4 is 0 Å². The van der Waals surface area contributed by atoms with Crippen LogP contribution < -0.4 is 10.1 Å². The molecule has 0 saturated heterocycles. The molecule has 0 aliphatic heterocycles. The van der Waals surface area contributed by atoms with Gasteiger partial charge in [0.2, 0.25) is 0 Å². The summed E-state index contributed by atoms with van der Waals surface area (Å²) in [6, 6.07) is 5.63. The summed E-state index contributed by atoms with van der Waals surface area (Å²) in [5.74, 6) is 1.58. The van der Waals surface area contributed by atoms with Crippen molar-refractivity contribution in [3.63, 3.8) is 0 Å². The normalized spacial score (nSPS) is 10.2. The summed E-state index contributed by atoms with van der Waals surface area (Å²) in [5.41, 5.74) is 1.90. The Labute approximate surface area is 101 Å². The summed E-state index contributed by atoms with van der Waals surface area (Å²) >= 11 is 0. The quantitative estimate of drug-likeness (QED) is 0.873. The van der Waals surface area contributed by atoms with Crippen molar-refractivity contribution in [3.8, 4) is 11.5 Å². The molecule has 4 nitrogen and oxygen atoms in total. The standard InChI is InChI=1S/C13H15N3O/c1-10-12(4-3-6-16-10)17-13-5-7-15-9-11(13)8-14-2/h3-7,9,14H,8H2,1-2H3. The maximum absolute atomic E-state index is 5.85. The monoisotopic (exact) mass is 229 g/mol. The van der Waals surface area contributed by atoms with Gasteiger partial charge in [-0.1, -0.05) is 0 Å². The van der Waals surface area contributed by atoms with Crippen molar-refractivity contribution in [2.45, 2.75) is 13.5 Å². The molecule has 0 spiro atoms. The molecule has 0 aliphatic rings. The Bertz CT molecular complexity index is 500. The lowest BCUT2D eigenvalue weighted by Gasteiger charge is -2.11. The summed E-state index contributed by atoms with van der Waals surface area (Å²) in [6.45, 7) is 2.65. The minimum absolute atomic E-state index is 0.725. The van der Waals surface area contributed by atoms with Crippen molar-refractivity contribution in [2.75, 3.05) is 7.05 Å². The van der Waals surface area contributed by atoms with Gasteiger partial charge >= 0.3 is 0 Å². The third-order valence-electron chi connectivity index (χ3n) is 2.40. The van der Waals surface area contributed by atoms with E-state index >= 15 is 0 Å². The molecule has 88 valence electrons. The van der Waals surface area contributed by atoms with Gasteiger partial charge in [-0.05, 0) is 32.2 Å². The Morgan fingerprint density at radius 2 is 2.12 bits per heavy atom. The van der Waals surface area contributed by atoms with E-state index < -0.39 is 0 Å². The molecule has 0 bridgehead atoms. The maximum Gasteiger partial charge on any atom is 0.148 e. The van der Waals surface area contributed by atoms with E-state index in [4.69, 9.17) is 4.74 Å². The molecular formula is C13H15N3O. The summed E-state index contributed by atoms with van der Waals surface area (Å²) in [7, 11) is 1.89. The number of pyridine rings is 2. The summed E-state index contributed by atoms with van der Waals surface area (Å²) < 4.78 is 5.85. The Balaban J connectivity index is 2.27. The van der Waals surface area contributed by atoms with Crippen molar-refractivity contribution in [2.24, 2.45) is 0 Å². The summed E-state index contributed by atoms with van der Waals surface area (Å²) in [6.07, 6.45) is 5.28. The van der Waals surface area contributed by atoms with Gasteiger partial charge < -0.3 is 10.1 Å². The van der Waals surface area contributed by atoms with Gasteiger partial charge in [0.05, 0.1) is 5.69 Å². The Morgan fingerprint density at radius 3 is 2.88 bits per heavy atom. The summed E-state index contributed by atoms with van der Waals surface area (Å²) in [4.78, 5) is 8.29. The molecule has 2 heterocycles. The zero-order chi connectivity index (χ0) is 12.1. The molecule has 0 amide bonds. The minimum atomic E-state index is 0.725. The summed E-state index contributed by atoms with van der Waals surface area (Å²) in [5, 5.41) is 3.09. The van der Waals surface area contributed by atoms with E-state index in [1.54, 1.807) is 18.6 Å². The maximum atomic E-state index is 5.85. The molecule has 0 aromatic carbocycles. The van der Waals surface area contributed by atoms with E-state index in [9.17, 15) is 0 Å². The molecule has 4 heteroatoms. The first-order valence-corrected chi connectivity index (χ1v) is 5.48. The number of hydrogen-bond acceptors (Lipinski definition) is 4. The van der Waals surface area contributed by atoms with Gasteiger partial charge in [-0.3, -0.25) is 9.97 Å². The van der Waals surface area contributed by atoms with Crippen molar-refractivity contribution < 1.29 is 4.74 Å². The van der Waals surface area contributed by atoms with E-state index in [2.05, 4.69) is 15.3 Å². The van der Waals surface area contributed by atoms with E-state index in [0.29, 0.717) is 0 Å². The van der Waals surface area contributed by atoms with E-state index in [0.717, 1.165) is 29.3 Å². The number of ether oxygens (including phenoxy) is 1. The second kappa shape index (κ2) is 5.41. The Morgan fingerprint density at radius 1 is 1.24 bits per heavy atom. The van der Waals surface area contributed by atoms with Crippen LogP contribution in [-0.2, 0) is 6.54 Å². The lowest BCUT2D eigenvalue weighted by Crippen LogP contribution is -2.06. The molecule has 0 unspecified atom stereocenters. The van der Waals surface area contributed by atoms with Gasteiger partial charge in [0.25, 0.3) is 0 Å². The zero-order valence-corrected chi connectivity index (χ0v) is 9.97. The largest absolute Gasteiger partial charge is 0.455 e. The Kier molecular flexibility index (Phi) is 3.67. The lowest BCUT2D eigenvalue weighted by molar-refractivity contribution is 0.467. The van der Waals surface area contributed by atoms with E-state index in [1.165, 1.54) is 0 Å². The highest BCUT2D eigenvalue weighted by Crippen LogP contribution is 2.25. The molecule has 0 saturated carbocycles. The van der Waals surface area contributed by atoms with E-state index in [-0.39, 0.29) is 0 Å². The van der Waals surface area contributed by atoms with Crippen molar-refractivity contribution in [1.29, 1.82) is 0 Å². The third-order valence-corrected chi connectivity index (χ3v) is 2.40. The topological polar surface area (TPSA) is 47.0 Å². The van der Waals surface area contributed by atoms with Gasteiger partial charge in [0.1, 0.15) is 11.5 Å². The molecule has 0 aliphatic carbocycles. The molecule has 17 heavy (non-hydrogen) atoms. The fraction of sp³-hybridized carbons (Fsp3) is 0.231. The average Bonchev–Trinajstić information content (AvgIpc) is 2.35. The van der Waals surface area contributed by atoms with Crippen molar-refractivity contribution in [1.82, 2.24) is 15.3 Å². The number of aryl methyl sites for hydroxylation is 1. The first kappa shape index (κ1) is 11.5. The van der Waals surface area contributed by atoms with Gasteiger partial charge in [0.15, 0.2) is 0 Å². The second-order valence-corrected chi connectivity index (χ2v) is 3.70. The van der Waals surface area contributed by atoms with Crippen LogP contribution in [0.1, 0.15) is 11.3 Å². The predicted octanol–water partition coefficient (Wildman–Crippen LogP) is 2.30. The van der Waals surface area contributed by atoms with Crippen molar-refractivity contribution in [3.05, 3.63) is 48.0 Å². The molecule has 0 atom stereocenters. The first-order chi connectivity index (χ1) is 8.31. The Hall–Kier alpha value is -1.94. The van der Waals surface area contributed by atoms with Crippen LogP contribution in [0.5, 0.6) is 11.5 Å². The zero-order valence-electron chi connectivity index (χ0n) is 9.97. The first-order valence-electron chi connectivity index (χ1n) is 5.48. The fourth-order valence-electron chi connectivity index (χ4n) is 1.53. The fourth-order valence-corrected chi connectivity index (χ4v) is 1.53. The van der Waals surface area contributed by atoms with Crippen LogP contribution in [0.15, 0.2) is 36.8 Å². The SMILES string of the molecule is CNCc1cnccc1Oc1cccnc1C. The van der Waals surface area contributed by atoms with Gasteiger partial charge in [0, 0.05) is 30.7 Å². The van der Waals surface area contributed by atoms with Gasteiger partial charge in [-0.15, -0.1) is 0 Å². The number of aromatic nitrogens is 2. The molecule has 0 fully saturated rings. The van der Waals surface area contributed by atoms with Crippen LogP contribution in [0.2, 0.25) is 0 Å². The van der Waals surface area contributed by atoms with Gasteiger partial charge in [-0.2, -0.15) is 0 Å². The van der Waals surface area contributed by atoms with Crippen LogP contribution >= 0.6 is 0 Å². The predicted molar refractivity (Wildman–Crippen MR) is 66.0 cm³/mol. The lowest BCUT2D eigenvalue weighted by atomic mass is 10.2. The number of rotatable bonds is 4. The second-order valence-electron chi connectivity index (χ2n) is 3.70. The van der Waals surface area contributed by atoms with E-state index in [1.807, 2.05) is 32.2 Å². The molecule has 0 radical (unpaired) electrons. The van der Waals surface area contributed by atoms with Crippen LogP contribution in [0.25, 0.3) is 0 Å². The number of nitrogens with zero attached hydrogens (tertiary/aromatic N) is 2.